The minimum atomic E-state index is -0.581. The first-order valence-electron chi connectivity index (χ1n) is 7.06. The van der Waals surface area contributed by atoms with E-state index < -0.39 is 13.2 Å². The van der Waals surface area contributed by atoms with Crippen LogP contribution >= 0.6 is 0 Å². The zero-order chi connectivity index (χ0) is 14.8. The van der Waals surface area contributed by atoms with Crippen LogP contribution in [0.15, 0.2) is 24.3 Å². The molecule has 1 unspecified atom stereocenters. The molecule has 0 amide bonds. The number of benzene rings is 1. The van der Waals surface area contributed by atoms with E-state index in [0.717, 1.165) is 24.2 Å². The Labute approximate surface area is 120 Å². The van der Waals surface area contributed by atoms with E-state index in [1.165, 1.54) is 0 Å². The molecule has 1 rings (SSSR count). The van der Waals surface area contributed by atoms with Crippen molar-refractivity contribution in [1.82, 2.24) is 5.23 Å². The summed E-state index contributed by atoms with van der Waals surface area (Å²) >= 11 is 0. The molecule has 112 valence electrons. The largest absolute Gasteiger partial charge is 0.494 e. The quantitative estimate of drug-likeness (QED) is 0.379. The monoisotopic (exact) mass is 281 g/mol. The van der Waals surface area contributed by atoms with Crippen molar-refractivity contribution >= 4 is 7.05 Å². The molecule has 20 heavy (non-hydrogen) atoms. The molecule has 0 bridgehead atoms. The van der Waals surface area contributed by atoms with E-state index in [-0.39, 0.29) is 6.61 Å². The van der Waals surface area contributed by atoms with E-state index in [1.54, 1.807) is 6.82 Å². The van der Waals surface area contributed by atoms with Crippen LogP contribution in [0, 0.1) is 0 Å². The van der Waals surface area contributed by atoms with E-state index in [2.05, 4.69) is 5.23 Å². The first-order chi connectivity index (χ1) is 9.63. The predicted molar refractivity (Wildman–Crippen MR) is 79.7 cm³/mol. The molecule has 1 aromatic rings. The van der Waals surface area contributed by atoms with E-state index in [4.69, 9.17) is 14.9 Å². The fourth-order valence-electron chi connectivity index (χ4n) is 1.81. The van der Waals surface area contributed by atoms with Gasteiger partial charge in [-0.25, -0.2) is 0 Å². The number of aliphatic hydroxyl groups is 2. The highest BCUT2D eigenvalue weighted by molar-refractivity contribution is 6.45. The minimum absolute atomic E-state index is 0.179. The maximum atomic E-state index is 10.1. The van der Waals surface area contributed by atoms with Gasteiger partial charge in [0.25, 0.3) is 0 Å². The van der Waals surface area contributed by atoms with Gasteiger partial charge in [0.1, 0.15) is 5.75 Å². The predicted octanol–water partition coefficient (Wildman–Crippen LogP) is 0.961. The molecule has 0 saturated carbocycles. The van der Waals surface area contributed by atoms with Gasteiger partial charge in [0.15, 0.2) is 0 Å². The van der Waals surface area contributed by atoms with Crippen molar-refractivity contribution < 1.29 is 20.0 Å². The molecule has 0 radical (unpaired) electrons. The van der Waals surface area contributed by atoms with Gasteiger partial charge in [-0.05, 0) is 50.3 Å². The molecule has 0 aliphatic carbocycles. The van der Waals surface area contributed by atoms with Gasteiger partial charge in [0, 0.05) is 6.61 Å². The first-order valence-corrected chi connectivity index (χ1v) is 7.06. The number of rotatable bonds is 10. The Kier molecular flexibility index (Phi) is 8.29. The van der Waals surface area contributed by atoms with Gasteiger partial charge in [-0.3, -0.25) is 0 Å². The SMILES string of the molecule is CB(O)NCCC(O)c1cccc(OCCCCO)c1. The van der Waals surface area contributed by atoms with Gasteiger partial charge >= 0.3 is 7.05 Å². The highest BCUT2D eigenvalue weighted by Crippen LogP contribution is 2.21. The summed E-state index contributed by atoms with van der Waals surface area (Å²) in [4.78, 5) is 0. The Morgan fingerprint density at radius 3 is 2.85 bits per heavy atom. The molecule has 0 aromatic heterocycles. The highest BCUT2D eigenvalue weighted by Gasteiger charge is 2.09. The maximum absolute atomic E-state index is 10.1. The molecule has 1 aromatic carbocycles. The Morgan fingerprint density at radius 1 is 1.35 bits per heavy atom. The van der Waals surface area contributed by atoms with Gasteiger partial charge in [-0.1, -0.05) is 12.1 Å². The maximum Gasteiger partial charge on any atom is 0.373 e. The van der Waals surface area contributed by atoms with Crippen LogP contribution in [0.25, 0.3) is 0 Å². The molecule has 0 fully saturated rings. The van der Waals surface area contributed by atoms with Crippen LogP contribution in [0.4, 0.5) is 0 Å². The molecule has 6 heteroatoms. The average molecular weight is 281 g/mol. The number of hydrogen-bond acceptors (Lipinski definition) is 5. The van der Waals surface area contributed by atoms with Crippen LogP contribution in [0.2, 0.25) is 6.82 Å². The minimum Gasteiger partial charge on any atom is -0.494 e. The Balaban J connectivity index is 2.41. The van der Waals surface area contributed by atoms with Crippen LogP contribution < -0.4 is 9.96 Å². The Bertz CT molecular complexity index is 376. The number of ether oxygens (including phenoxy) is 1. The molecule has 0 aliphatic heterocycles. The van der Waals surface area contributed by atoms with Crippen molar-refractivity contribution in [2.75, 3.05) is 19.8 Å². The van der Waals surface area contributed by atoms with Gasteiger partial charge in [0.2, 0.25) is 0 Å². The van der Waals surface area contributed by atoms with Crippen LogP contribution in [-0.2, 0) is 0 Å². The zero-order valence-electron chi connectivity index (χ0n) is 12.0. The normalized spacial score (nSPS) is 12.2. The third kappa shape index (κ3) is 6.91. The van der Waals surface area contributed by atoms with E-state index >= 15 is 0 Å². The lowest BCUT2D eigenvalue weighted by Crippen LogP contribution is -2.31. The third-order valence-electron chi connectivity index (χ3n) is 2.92. The summed E-state index contributed by atoms with van der Waals surface area (Å²) in [6.45, 7) is 2.93. The lowest BCUT2D eigenvalue weighted by Gasteiger charge is -2.13. The van der Waals surface area contributed by atoms with Crippen LogP contribution in [0.5, 0.6) is 5.75 Å². The summed E-state index contributed by atoms with van der Waals surface area (Å²) in [7, 11) is -0.566. The summed E-state index contributed by atoms with van der Waals surface area (Å²) in [6.07, 6.45) is 1.48. The Hall–Kier alpha value is -1.08. The lowest BCUT2D eigenvalue weighted by molar-refractivity contribution is 0.168. The summed E-state index contributed by atoms with van der Waals surface area (Å²) in [6, 6.07) is 7.38. The van der Waals surface area contributed by atoms with Gasteiger partial charge in [0.05, 0.1) is 12.7 Å². The summed E-state index contributed by atoms with van der Waals surface area (Å²) in [5, 5.41) is 30.7. The fourth-order valence-corrected chi connectivity index (χ4v) is 1.81. The summed E-state index contributed by atoms with van der Waals surface area (Å²) in [5.74, 6) is 0.725. The van der Waals surface area contributed by atoms with Gasteiger partial charge in [-0.2, -0.15) is 0 Å². The Morgan fingerprint density at radius 2 is 2.15 bits per heavy atom. The number of aliphatic hydroxyl groups excluding tert-OH is 2. The van der Waals surface area contributed by atoms with E-state index in [1.807, 2.05) is 24.3 Å². The van der Waals surface area contributed by atoms with Crippen molar-refractivity contribution in [3.8, 4) is 5.75 Å². The first kappa shape index (κ1) is 17.0. The second kappa shape index (κ2) is 9.77. The van der Waals surface area contributed by atoms with Crippen molar-refractivity contribution in [3.05, 3.63) is 29.8 Å². The molecule has 5 nitrogen and oxygen atoms in total. The van der Waals surface area contributed by atoms with Gasteiger partial charge < -0.3 is 25.2 Å². The molecule has 0 aliphatic rings. The van der Waals surface area contributed by atoms with Gasteiger partial charge in [-0.15, -0.1) is 0 Å². The lowest BCUT2D eigenvalue weighted by atomic mass is 9.88. The molecule has 0 saturated heterocycles. The number of hydrogen-bond donors (Lipinski definition) is 4. The van der Waals surface area contributed by atoms with Crippen molar-refractivity contribution in [2.45, 2.75) is 32.2 Å². The van der Waals surface area contributed by atoms with Crippen molar-refractivity contribution in [2.24, 2.45) is 0 Å². The zero-order valence-corrected chi connectivity index (χ0v) is 12.0. The van der Waals surface area contributed by atoms with Crippen molar-refractivity contribution in [3.63, 3.8) is 0 Å². The standard InChI is InChI=1S/C14H24BNO4/c1-15(19)16-8-7-14(18)12-5-4-6-13(11-12)20-10-3-2-9-17/h4-6,11,14,16-19H,2-3,7-10H2,1H3. The fraction of sp³-hybridized carbons (Fsp3) is 0.571. The highest BCUT2D eigenvalue weighted by atomic mass is 16.5. The molecule has 0 heterocycles. The molecular weight excluding hydrogens is 257 g/mol. The molecule has 0 spiro atoms. The summed E-state index contributed by atoms with van der Waals surface area (Å²) < 4.78 is 5.56. The van der Waals surface area contributed by atoms with Crippen LogP contribution in [-0.4, -0.2) is 42.0 Å². The van der Waals surface area contributed by atoms with E-state index in [9.17, 15) is 5.11 Å². The third-order valence-corrected chi connectivity index (χ3v) is 2.92. The number of unbranched alkanes of at least 4 members (excludes halogenated alkanes) is 1. The van der Waals surface area contributed by atoms with Crippen LogP contribution in [0.3, 0.4) is 0 Å². The smallest absolute Gasteiger partial charge is 0.373 e. The molecule has 1 atom stereocenters. The second-order valence-electron chi connectivity index (χ2n) is 4.79. The van der Waals surface area contributed by atoms with Crippen molar-refractivity contribution in [1.29, 1.82) is 0 Å². The topological polar surface area (TPSA) is 82.0 Å². The second-order valence-corrected chi connectivity index (χ2v) is 4.79. The average Bonchev–Trinajstić information content (AvgIpc) is 2.43. The molecule has 4 N–H and O–H groups in total. The van der Waals surface area contributed by atoms with Crippen LogP contribution in [0.1, 0.15) is 30.9 Å². The number of nitrogens with one attached hydrogen (secondary N) is 1. The molecular formula is C14H24BNO4. The summed E-state index contributed by atoms with van der Waals surface area (Å²) in [5.41, 5.74) is 0.803. The van der Waals surface area contributed by atoms with E-state index in [0.29, 0.717) is 19.6 Å².